The van der Waals surface area contributed by atoms with E-state index in [1.165, 1.54) is 64.2 Å². The van der Waals surface area contributed by atoms with Crippen molar-refractivity contribution in [2.75, 3.05) is 6.61 Å². The largest absolute Gasteiger partial charge is 0.726 e. The van der Waals surface area contributed by atoms with Gasteiger partial charge in [-0.3, -0.25) is 4.18 Å². The van der Waals surface area contributed by atoms with Crippen LogP contribution in [0.15, 0.2) is 0 Å². The molecule has 0 spiro atoms. The zero-order valence-electron chi connectivity index (χ0n) is 14.5. The maximum atomic E-state index is 10.2. The Hall–Kier alpha value is -0.130. The first-order valence-corrected chi connectivity index (χ1v) is 10.4. The van der Waals surface area contributed by atoms with Gasteiger partial charge in [0.05, 0.1) is 6.61 Å². The molecule has 134 valence electrons. The van der Waals surface area contributed by atoms with Gasteiger partial charge in [-0.15, -0.1) is 0 Å². The third-order valence-electron chi connectivity index (χ3n) is 4.12. The molecule has 0 aliphatic rings. The first-order valence-electron chi connectivity index (χ1n) is 9.06. The van der Waals surface area contributed by atoms with Crippen LogP contribution < -0.4 is 0 Å². The molecule has 0 saturated heterocycles. The van der Waals surface area contributed by atoms with Crippen LogP contribution >= 0.6 is 0 Å². The monoisotopic (exact) mass is 335 g/mol. The molecule has 0 aromatic carbocycles. The van der Waals surface area contributed by atoms with Crippen LogP contribution in [0.5, 0.6) is 0 Å². The van der Waals surface area contributed by atoms with Gasteiger partial charge in [0.25, 0.3) is 0 Å². The van der Waals surface area contributed by atoms with E-state index in [-0.39, 0.29) is 6.61 Å². The smallest absolute Gasteiger partial charge is 0.217 e. The fourth-order valence-corrected chi connectivity index (χ4v) is 3.03. The van der Waals surface area contributed by atoms with Gasteiger partial charge in [-0.25, -0.2) is 8.42 Å². The van der Waals surface area contributed by atoms with Crippen molar-refractivity contribution in [2.45, 2.75) is 97.3 Å². The second kappa shape index (κ2) is 14.5. The first kappa shape index (κ1) is 21.9. The third kappa shape index (κ3) is 17.9. The summed E-state index contributed by atoms with van der Waals surface area (Å²) in [6.07, 6.45) is 16.0. The highest BCUT2D eigenvalue weighted by molar-refractivity contribution is 7.80. The van der Waals surface area contributed by atoms with E-state index in [1.807, 2.05) is 0 Å². The highest BCUT2D eigenvalue weighted by Gasteiger charge is 2.02. The lowest BCUT2D eigenvalue weighted by molar-refractivity contribution is 0.254. The first-order chi connectivity index (χ1) is 10.5. The lowest BCUT2D eigenvalue weighted by Gasteiger charge is -2.11. The number of rotatable bonds is 16. The molecule has 0 aliphatic heterocycles. The van der Waals surface area contributed by atoms with Crippen LogP contribution in [0.2, 0.25) is 0 Å². The summed E-state index contributed by atoms with van der Waals surface area (Å²) < 4.78 is 34.9. The summed E-state index contributed by atoms with van der Waals surface area (Å²) in [5, 5.41) is 0. The van der Waals surface area contributed by atoms with Crippen LogP contribution in [-0.2, 0) is 14.6 Å². The van der Waals surface area contributed by atoms with E-state index in [0.717, 1.165) is 18.8 Å². The van der Waals surface area contributed by atoms with Gasteiger partial charge in [-0.2, -0.15) is 0 Å². The second-order valence-electron chi connectivity index (χ2n) is 6.45. The molecule has 1 unspecified atom stereocenters. The molecule has 0 aliphatic carbocycles. The summed E-state index contributed by atoms with van der Waals surface area (Å²) in [5.41, 5.74) is 0. The maximum absolute atomic E-state index is 10.2. The average molecular weight is 336 g/mol. The van der Waals surface area contributed by atoms with Crippen LogP contribution in [-0.4, -0.2) is 19.6 Å². The van der Waals surface area contributed by atoms with Crippen molar-refractivity contribution in [3.05, 3.63) is 0 Å². The lowest BCUT2D eigenvalue weighted by atomic mass is 9.96. The standard InChI is InChI=1S/C17H36O4S/c1-3-4-5-6-7-8-11-14-17(2)15-12-9-10-13-16-21-22(18,19)20/h17H,3-16H2,1-2H3,(H,18,19,20)/p-1. The molecule has 4 nitrogen and oxygen atoms in total. The molecule has 0 saturated carbocycles. The van der Waals surface area contributed by atoms with Crippen LogP contribution in [0.4, 0.5) is 0 Å². The Kier molecular flexibility index (Phi) is 14.4. The Bertz CT molecular complexity index is 328. The highest BCUT2D eigenvalue weighted by atomic mass is 32.3. The van der Waals surface area contributed by atoms with E-state index in [2.05, 4.69) is 18.0 Å². The Morgan fingerprint density at radius 3 is 1.77 bits per heavy atom. The molecule has 1 atom stereocenters. The minimum absolute atomic E-state index is 0.0272. The van der Waals surface area contributed by atoms with Crippen molar-refractivity contribution in [3.63, 3.8) is 0 Å². The predicted octanol–water partition coefficient (Wildman–Crippen LogP) is 5.19. The minimum atomic E-state index is -4.50. The Morgan fingerprint density at radius 2 is 1.27 bits per heavy atom. The SMILES string of the molecule is CCCCCCCCCC(C)CCCCCCOS(=O)(=O)[O-]. The molecule has 0 radical (unpaired) electrons. The van der Waals surface area contributed by atoms with Gasteiger partial charge in [0.2, 0.25) is 10.4 Å². The summed E-state index contributed by atoms with van der Waals surface area (Å²) >= 11 is 0. The van der Waals surface area contributed by atoms with Crippen molar-refractivity contribution in [2.24, 2.45) is 5.92 Å². The van der Waals surface area contributed by atoms with Crippen molar-refractivity contribution >= 4 is 10.4 Å². The molecule has 0 amide bonds. The van der Waals surface area contributed by atoms with Crippen LogP contribution in [0.3, 0.4) is 0 Å². The summed E-state index contributed by atoms with van der Waals surface area (Å²) in [4.78, 5) is 0. The maximum Gasteiger partial charge on any atom is 0.217 e. The van der Waals surface area contributed by atoms with E-state index in [4.69, 9.17) is 0 Å². The van der Waals surface area contributed by atoms with Gasteiger partial charge in [0.15, 0.2) is 0 Å². The Balaban J connectivity index is 3.24. The van der Waals surface area contributed by atoms with Crippen molar-refractivity contribution in [1.29, 1.82) is 0 Å². The van der Waals surface area contributed by atoms with Gasteiger partial charge in [-0.1, -0.05) is 90.9 Å². The van der Waals surface area contributed by atoms with Crippen molar-refractivity contribution in [1.82, 2.24) is 0 Å². The van der Waals surface area contributed by atoms with E-state index in [0.29, 0.717) is 6.42 Å². The van der Waals surface area contributed by atoms with Crippen LogP contribution in [0.1, 0.15) is 97.3 Å². The van der Waals surface area contributed by atoms with Crippen molar-refractivity contribution in [3.8, 4) is 0 Å². The van der Waals surface area contributed by atoms with Gasteiger partial charge in [-0.05, 0) is 12.3 Å². The summed E-state index contributed by atoms with van der Waals surface area (Å²) in [5.74, 6) is 0.786. The normalized spacial score (nSPS) is 13.4. The molecule has 0 aromatic rings. The van der Waals surface area contributed by atoms with Crippen molar-refractivity contribution < 1.29 is 17.2 Å². The molecule has 22 heavy (non-hydrogen) atoms. The minimum Gasteiger partial charge on any atom is -0.726 e. The Morgan fingerprint density at radius 1 is 0.818 bits per heavy atom. The molecular formula is C17H35O4S-. The quantitative estimate of drug-likeness (QED) is 0.221. The molecule has 0 N–H and O–H groups in total. The van der Waals surface area contributed by atoms with E-state index >= 15 is 0 Å². The zero-order chi connectivity index (χ0) is 16.7. The van der Waals surface area contributed by atoms with Crippen LogP contribution in [0.25, 0.3) is 0 Å². The zero-order valence-corrected chi connectivity index (χ0v) is 15.3. The van der Waals surface area contributed by atoms with E-state index in [1.54, 1.807) is 0 Å². The topological polar surface area (TPSA) is 66.4 Å². The van der Waals surface area contributed by atoms with Gasteiger partial charge >= 0.3 is 0 Å². The number of hydrogen-bond acceptors (Lipinski definition) is 4. The van der Waals surface area contributed by atoms with Crippen LogP contribution in [0, 0.1) is 5.92 Å². The summed E-state index contributed by atoms with van der Waals surface area (Å²) in [6, 6.07) is 0. The second-order valence-corrected chi connectivity index (χ2v) is 7.50. The summed E-state index contributed by atoms with van der Waals surface area (Å²) in [7, 11) is -4.50. The molecule has 0 heterocycles. The van der Waals surface area contributed by atoms with E-state index < -0.39 is 10.4 Å². The molecular weight excluding hydrogens is 300 g/mol. The van der Waals surface area contributed by atoms with E-state index in [9.17, 15) is 13.0 Å². The number of unbranched alkanes of at least 4 members (excludes halogenated alkanes) is 9. The molecule has 0 fully saturated rings. The van der Waals surface area contributed by atoms with Gasteiger partial charge in [0, 0.05) is 0 Å². The van der Waals surface area contributed by atoms with Gasteiger partial charge in [0.1, 0.15) is 0 Å². The molecule has 0 rings (SSSR count). The Labute approximate surface area is 138 Å². The third-order valence-corrected chi connectivity index (χ3v) is 4.57. The fraction of sp³-hybridized carbons (Fsp3) is 1.00. The fourth-order valence-electron chi connectivity index (χ4n) is 2.70. The highest BCUT2D eigenvalue weighted by Crippen LogP contribution is 2.18. The average Bonchev–Trinajstić information content (AvgIpc) is 2.44. The molecule has 5 heteroatoms. The number of hydrogen-bond donors (Lipinski definition) is 0. The van der Waals surface area contributed by atoms with Gasteiger partial charge < -0.3 is 4.55 Å². The summed E-state index contributed by atoms with van der Waals surface area (Å²) in [6.45, 7) is 4.60. The predicted molar refractivity (Wildman–Crippen MR) is 90.5 cm³/mol. The molecule has 0 aromatic heterocycles. The lowest BCUT2D eigenvalue weighted by Crippen LogP contribution is -2.05. The molecule has 0 bridgehead atoms.